The normalized spacial score (nSPS) is 13.8. The van der Waals surface area contributed by atoms with E-state index in [1.165, 1.54) is 0 Å². The molecule has 0 radical (unpaired) electrons. The van der Waals surface area contributed by atoms with Crippen molar-refractivity contribution in [3.8, 4) is 5.69 Å². The van der Waals surface area contributed by atoms with Crippen molar-refractivity contribution in [1.29, 1.82) is 0 Å². The van der Waals surface area contributed by atoms with Gasteiger partial charge >= 0.3 is 0 Å². The lowest BCUT2D eigenvalue weighted by Crippen LogP contribution is -2.38. The lowest BCUT2D eigenvalue weighted by Gasteiger charge is -2.27. The number of aliphatic hydroxyl groups is 1. The number of aromatic nitrogens is 3. The lowest BCUT2D eigenvalue weighted by atomic mass is 9.90. The topological polar surface area (TPSA) is 77.0 Å². The quantitative estimate of drug-likeness (QED) is 0.758. The Morgan fingerprint density at radius 1 is 1.00 bits per heavy atom. The third kappa shape index (κ3) is 2.33. The van der Waals surface area contributed by atoms with Crippen LogP contribution in [0, 0.1) is 0 Å². The Morgan fingerprint density at radius 2 is 1.62 bits per heavy atom. The predicted octanol–water partition coefficient (Wildman–Crippen LogP) is 1.46. The second-order valence-electron chi connectivity index (χ2n) is 4.80. The maximum atomic E-state index is 11.1. The molecule has 0 bridgehead atoms. The first kappa shape index (κ1) is 13.5. The van der Waals surface area contributed by atoms with Gasteiger partial charge in [0.2, 0.25) is 0 Å². The van der Waals surface area contributed by atoms with E-state index in [0.29, 0.717) is 11.3 Å². The van der Waals surface area contributed by atoms with E-state index in [1.807, 2.05) is 60.7 Å². The van der Waals surface area contributed by atoms with Gasteiger partial charge in [-0.3, -0.25) is 0 Å². The fourth-order valence-electron chi connectivity index (χ4n) is 2.36. The highest BCUT2D eigenvalue weighted by molar-refractivity contribution is 5.38. The van der Waals surface area contributed by atoms with Crippen molar-refractivity contribution in [3.63, 3.8) is 0 Å². The van der Waals surface area contributed by atoms with E-state index in [0.717, 1.165) is 5.69 Å². The molecule has 3 aromatic rings. The summed E-state index contributed by atoms with van der Waals surface area (Å²) in [7, 11) is 0. The Balaban J connectivity index is 2.14. The molecular weight excluding hydrogens is 264 g/mol. The highest BCUT2D eigenvalue weighted by Crippen LogP contribution is 2.29. The Morgan fingerprint density at radius 3 is 2.24 bits per heavy atom. The first-order valence-corrected chi connectivity index (χ1v) is 6.70. The van der Waals surface area contributed by atoms with Gasteiger partial charge in [0.1, 0.15) is 11.3 Å². The van der Waals surface area contributed by atoms with E-state index < -0.39 is 5.60 Å². The van der Waals surface area contributed by atoms with Crippen molar-refractivity contribution >= 4 is 0 Å². The summed E-state index contributed by atoms with van der Waals surface area (Å²) >= 11 is 0. The van der Waals surface area contributed by atoms with Gasteiger partial charge in [-0.2, -0.15) is 0 Å². The zero-order valence-electron chi connectivity index (χ0n) is 11.4. The van der Waals surface area contributed by atoms with Crippen molar-refractivity contribution in [3.05, 3.63) is 78.1 Å². The second-order valence-corrected chi connectivity index (χ2v) is 4.80. The molecule has 1 atom stereocenters. The SMILES string of the molecule is NCC(O)(c1ccccc1)c1cnnn1-c1ccccc1. The zero-order valence-corrected chi connectivity index (χ0v) is 11.4. The molecule has 5 heteroatoms. The number of para-hydroxylation sites is 1. The van der Waals surface area contributed by atoms with Gasteiger partial charge in [-0.1, -0.05) is 53.7 Å². The fraction of sp³-hybridized carbons (Fsp3) is 0.125. The minimum atomic E-state index is -1.33. The van der Waals surface area contributed by atoms with Crippen LogP contribution in [-0.4, -0.2) is 26.6 Å². The number of hydrogen-bond donors (Lipinski definition) is 2. The predicted molar refractivity (Wildman–Crippen MR) is 79.9 cm³/mol. The van der Waals surface area contributed by atoms with Gasteiger partial charge in [0, 0.05) is 6.54 Å². The van der Waals surface area contributed by atoms with Gasteiger partial charge in [-0.25, -0.2) is 4.68 Å². The molecule has 5 nitrogen and oxygen atoms in total. The molecule has 0 saturated heterocycles. The van der Waals surface area contributed by atoms with E-state index in [2.05, 4.69) is 10.3 Å². The lowest BCUT2D eigenvalue weighted by molar-refractivity contribution is 0.0828. The molecule has 0 saturated carbocycles. The van der Waals surface area contributed by atoms with E-state index in [1.54, 1.807) is 10.9 Å². The van der Waals surface area contributed by atoms with Crippen LogP contribution in [0.4, 0.5) is 0 Å². The van der Waals surface area contributed by atoms with Gasteiger partial charge in [0.05, 0.1) is 11.9 Å². The summed E-state index contributed by atoms with van der Waals surface area (Å²) in [6.07, 6.45) is 1.55. The van der Waals surface area contributed by atoms with E-state index in [-0.39, 0.29) is 6.54 Å². The standard InChI is InChI=1S/C16H16N4O/c17-12-16(21,13-7-3-1-4-8-13)15-11-18-19-20(15)14-9-5-2-6-10-14/h1-11,21H,12,17H2. The molecular formula is C16H16N4O. The summed E-state index contributed by atoms with van der Waals surface area (Å²) in [6.45, 7) is 0.0389. The van der Waals surface area contributed by atoms with Gasteiger partial charge in [0.25, 0.3) is 0 Å². The second kappa shape index (κ2) is 5.47. The number of nitrogens with two attached hydrogens (primary N) is 1. The monoisotopic (exact) mass is 280 g/mol. The molecule has 0 aliphatic heterocycles. The third-order valence-corrected chi connectivity index (χ3v) is 3.52. The van der Waals surface area contributed by atoms with Crippen LogP contribution in [0.5, 0.6) is 0 Å². The van der Waals surface area contributed by atoms with Crippen LogP contribution in [0.3, 0.4) is 0 Å². The summed E-state index contributed by atoms with van der Waals surface area (Å²) in [4.78, 5) is 0. The smallest absolute Gasteiger partial charge is 0.145 e. The molecule has 0 fully saturated rings. The summed E-state index contributed by atoms with van der Waals surface area (Å²) < 4.78 is 1.61. The minimum Gasteiger partial charge on any atom is -0.377 e. The summed E-state index contributed by atoms with van der Waals surface area (Å²) in [6, 6.07) is 18.9. The third-order valence-electron chi connectivity index (χ3n) is 3.52. The molecule has 1 heterocycles. The number of nitrogens with zero attached hydrogens (tertiary/aromatic N) is 3. The molecule has 21 heavy (non-hydrogen) atoms. The molecule has 1 aromatic heterocycles. The molecule has 3 rings (SSSR count). The van der Waals surface area contributed by atoms with E-state index in [4.69, 9.17) is 5.73 Å². The van der Waals surface area contributed by atoms with Crippen LogP contribution in [0.15, 0.2) is 66.9 Å². The van der Waals surface area contributed by atoms with Crippen LogP contribution in [0.2, 0.25) is 0 Å². The van der Waals surface area contributed by atoms with Crippen LogP contribution >= 0.6 is 0 Å². The maximum Gasteiger partial charge on any atom is 0.145 e. The Kier molecular flexibility index (Phi) is 3.51. The maximum absolute atomic E-state index is 11.1. The van der Waals surface area contributed by atoms with E-state index >= 15 is 0 Å². The molecule has 0 aliphatic rings. The van der Waals surface area contributed by atoms with Gasteiger partial charge < -0.3 is 10.8 Å². The first-order valence-electron chi connectivity index (χ1n) is 6.70. The average molecular weight is 280 g/mol. The Bertz CT molecular complexity index is 711. The number of benzene rings is 2. The molecule has 106 valence electrons. The molecule has 2 aromatic carbocycles. The molecule has 1 unspecified atom stereocenters. The first-order chi connectivity index (χ1) is 10.3. The number of rotatable bonds is 4. The van der Waals surface area contributed by atoms with E-state index in [9.17, 15) is 5.11 Å². The largest absolute Gasteiger partial charge is 0.377 e. The highest BCUT2D eigenvalue weighted by Gasteiger charge is 2.34. The van der Waals surface area contributed by atoms with Gasteiger partial charge in [-0.05, 0) is 17.7 Å². The van der Waals surface area contributed by atoms with Gasteiger partial charge in [0.15, 0.2) is 0 Å². The summed E-state index contributed by atoms with van der Waals surface area (Å²) in [5.74, 6) is 0. The molecule has 3 N–H and O–H groups in total. The highest BCUT2D eigenvalue weighted by atomic mass is 16.3. The zero-order chi connectivity index (χ0) is 14.7. The van der Waals surface area contributed by atoms with Crippen molar-refractivity contribution in [2.24, 2.45) is 5.73 Å². The minimum absolute atomic E-state index is 0.0389. The van der Waals surface area contributed by atoms with Crippen molar-refractivity contribution in [1.82, 2.24) is 15.0 Å². The Hall–Kier alpha value is -2.50. The van der Waals surface area contributed by atoms with Crippen molar-refractivity contribution in [2.75, 3.05) is 6.54 Å². The molecule has 0 spiro atoms. The summed E-state index contributed by atoms with van der Waals surface area (Å²) in [5.41, 5.74) is 6.61. The van der Waals surface area contributed by atoms with Crippen LogP contribution in [0.1, 0.15) is 11.3 Å². The number of hydrogen-bond acceptors (Lipinski definition) is 4. The molecule has 0 amide bonds. The fourth-order valence-corrected chi connectivity index (χ4v) is 2.36. The van der Waals surface area contributed by atoms with Crippen LogP contribution in [0.25, 0.3) is 5.69 Å². The summed E-state index contributed by atoms with van der Waals surface area (Å²) in [5, 5.41) is 19.1. The average Bonchev–Trinajstić information content (AvgIpc) is 3.06. The Labute approximate surface area is 122 Å². The van der Waals surface area contributed by atoms with Crippen LogP contribution in [-0.2, 0) is 5.60 Å². The van der Waals surface area contributed by atoms with Crippen LogP contribution < -0.4 is 5.73 Å². The molecule has 0 aliphatic carbocycles. The van der Waals surface area contributed by atoms with Crippen molar-refractivity contribution < 1.29 is 5.11 Å². The van der Waals surface area contributed by atoms with Gasteiger partial charge in [-0.15, -0.1) is 5.10 Å². The van der Waals surface area contributed by atoms with Crippen molar-refractivity contribution in [2.45, 2.75) is 5.60 Å².